The molecule has 0 radical (unpaired) electrons. The third-order valence-corrected chi connectivity index (χ3v) is 7.77. The number of hydrogen-bond acceptors (Lipinski definition) is 8. The lowest BCUT2D eigenvalue weighted by Gasteiger charge is -2.30. The van der Waals surface area contributed by atoms with E-state index in [0.717, 1.165) is 9.87 Å². The van der Waals surface area contributed by atoms with Gasteiger partial charge in [-0.3, -0.25) is 4.79 Å². The van der Waals surface area contributed by atoms with Crippen LogP contribution in [0.4, 0.5) is 4.39 Å². The molecule has 12 heteroatoms. The lowest BCUT2D eigenvalue weighted by Crippen LogP contribution is -2.38. The number of rotatable bonds is 14. The van der Waals surface area contributed by atoms with Crippen LogP contribution >= 0.6 is 0 Å². The number of nitrogens with one attached hydrogen (secondary N) is 1. The number of benzene rings is 2. The first-order valence-corrected chi connectivity index (χ1v) is 13.5. The summed E-state index contributed by atoms with van der Waals surface area (Å²) >= 11 is 0. The fourth-order valence-corrected chi connectivity index (χ4v) is 5.28. The molecule has 0 saturated heterocycles. The third kappa shape index (κ3) is 7.98. The maximum Gasteiger partial charge on any atom is 0.286 e. The standard InChI is InChI=1S/C26H33FN2O8S/c1-34-15-11-28-26(31)24-17-20(19-3-5-21(27)6-4-19)18-25(37-24)36-16-13-29(12-14-30)38(32,33)23-9-7-22(35-2)8-10-23/h3-10,17,20,25,30H,11-16,18H2,1-2H3,(H,28,31)/t20-,25+/m1/s1. The van der Waals surface area contributed by atoms with Crippen LogP contribution in [0.3, 0.4) is 0 Å². The second-order valence-corrected chi connectivity index (χ2v) is 10.3. The van der Waals surface area contributed by atoms with Crippen LogP contribution in [0.25, 0.3) is 0 Å². The van der Waals surface area contributed by atoms with Gasteiger partial charge >= 0.3 is 0 Å². The van der Waals surface area contributed by atoms with Gasteiger partial charge in [0.15, 0.2) is 5.76 Å². The number of ether oxygens (including phenoxy) is 4. The molecule has 2 aromatic rings. The summed E-state index contributed by atoms with van der Waals surface area (Å²) < 4.78 is 62.5. The van der Waals surface area contributed by atoms with E-state index < -0.39 is 22.2 Å². The van der Waals surface area contributed by atoms with Gasteiger partial charge in [0, 0.05) is 39.1 Å². The highest BCUT2D eigenvalue weighted by Crippen LogP contribution is 2.31. The number of sulfonamides is 1. The van der Waals surface area contributed by atoms with Gasteiger partial charge in [0.1, 0.15) is 11.6 Å². The van der Waals surface area contributed by atoms with E-state index in [9.17, 15) is 22.7 Å². The Kier molecular flexibility index (Phi) is 11.0. The molecule has 2 N–H and O–H groups in total. The maximum absolute atomic E-state index is 13.5. The van der Waals surface area contributed by atoms with Crippen molar-refractivity contribution in [2.75, 3.05) is 53.7 Å². The molecular weight excluding hydrogens is 519 g/mol. The molecule has 38 heavy (non-hydrogen) atoms. The summed E-state index contributed by atoms with van der Waals surface area (Å²) in [5, 5.41) is 12.2. The first-order chi connectivity index (χ1) is 18.3. The van der Waals surface area contributed by atoms with E-state index in [0.29, 0.717) is 18.8 Å². The lowest BCUT2D eigenvalue weighted by molar-refractivity contribution is -0.146. The van der Waals surface area contributed by atoms with Crippen molar-refractivity contribution in [2.24, 2.45) is 0 Å². The molecule has 0 unspecified atom stereocenters. The molecule has 2 atom stereocenters. The predicted molar refractivity (Wildman–Crippen MR) is 136 cm³/mol. The van der Waals surface area contributed by atoms with Crippen LogP contribution in [0.1, 0.15) is 17.9 Å². The number of halogens is 1. The Hall–Kier alpha value is -3.03. The van der Waals surface area contributed by atoms with Crippen LogP contribution in [-0.2, 0) is 29.0 Å². The van der Waals surface area contributed by atoms with E-state index in [1.807, 2.05) is 0 Å². The fraction of sp³-hybridized carbons (Fsp3) is 0.423. The molecule has 2 aromatic carbocycles. The average Bonchev–Trinajstić information content (AvgIpc) is 2.93. The molecule has 0 aromatic heterocycles. The Morgan fingerprint density at radius 1 is 1.11 bits per heavy atom. The third-order valence-electron chi connectivity index (χ3n) is 5.86. The normalized spacial score (nSPS) is 17.6. The molecule has 1 amide bonds. The van der Waals surface area contributed by atoms with Gasteiger partial charge in [0.05, 0.1) is 31.8 Å². The van der Waals surface area contributed by atoms with Crippen molar-refractivity contribution >= 4 is 15.9 Å². The summed E-state index contributed by atoms with van der Waals surface area (Å²) in [5.41, 5.74) is 0.773. The molecule has 1 heterocycles. The monoisotopic (exact) mass is 552 g/mol. The van der Waals surface area contributed by atoms with Gasteiger partial charge in [-0.25, -0.2) is 12.8 Å². The van der Waals surface area contributed by atoms with E-state index in [1.165, 1.54) is 50.6 Å². The summed E-state index contributed by atoms with van der Waals surface area (Å²) in [6.45, 7) is -0.0271. The van der Waals surface area contributed by atoms with E-state index in [1.54, 1.807) is 18.2 Å². The van der Waals surface area contributed by atoms with E-state index in [4.69, 9.17) is 18.9 Å². The number of methoxy groups -OCH3 is 2. The van der Waals surface area contributed by atoms with Crippen LogP contribution in [0, 0.1) is 5.82 Å². The largest absolute Gasteiger partial charge is 0.497 e. The smallest absolute Gasteiger partial charge is 0.286 e. The van der Waals surface area contributed by atoms with Crippen molar-refractivity contribution in [3.63, 3.8) is 0 Å². The van der Waals surface area contributed by atoms with Crippen molar-refractivity contribution in [1.29, 1.82) is 0 Å². The summed E-state index contributed by atoms with van der Waals surface area (Å²) in [5.74, 6) is -0.566. The van der Waals surface area contributed by atoms with Crippen molar-refractivity contribution < 1.29 is 41.7 Å². The number of carbonyl (C=O) groups is 1. The quantitative estimate of drug-likeness (QED) is 0.341. The second kappa shape index (κ2) is 14.2. The lowest BCUT2D eigenvalue weighted by atomic mass is 9.93. The molecular formula is C26H33FN2O8S. The molecule has 3 rings (SSSR count). The minimum atomic E-state index is -3.91. The second-order valence-electron chi connectivity index (χ2n) is 8.39. The van der Waals surface area contributed by atoms with Crippen LogP contribution in [0.5, 0.6) is 5.75 Å². The van der Waals surface area contributed by atoms with Gasteiger partial charge in [0.2, 0.25) is 16.3 Å². The molecule has 0 aliphatic carbocycles. The van der Waals surface area contributed by atoms with Gasteiger partial charge < -0.3 is 29.4 Å². The Bertz CT molecular complexity index is 1170. The van der Waals surface area contributed by atoms with Crippen LogP contribution < -0.4 is 10.1 Å². The summed E-state index contributed by atoms with van der Waals surface area (Å²) in [7, 11) is -0.909. The topological polar surface area (TPSA) is 124 Å². The number of allylic oxidation sites excluding steroid dienone is 1. The van der Waals surface area contributed by atoms with Crippen molar-refractivity contribution in [3.05, 3.63) is 71.7 Å². The van der Waals surface area contributed by atoms with Crippen molar-refractivity contribution in [3.8, 4) is 5.75 Å². The zero-order chi connectivity index (χ0) is 27.5. The average molecular weight is 553 g/mol. The van der Waals surface area contributed by atoms with Crippen LogP contribution in [0.15, 0.2) is 65.3 Å². The summed E-state index contributed by atoms with van der Waals surface area (Å²) in [6.07, 6.45) is 1.12. The zero-order valence-corrected chi connectivity index (χ0v) is 22.2. The fourth-order valence-electron chi connectivity index (χ4n) is 3.86. The first kappa shape index (κ1) is 29.5. The number of aliphatic hydroxyl groups is 1. The zero-order valence-electron chi connectivity index (χ0n) is 21.3. The molecule has 208 valence electrons. The highest BCUT2D eigenvalue weighted by molar-refractivity contribution is 7.89. The Labute approximate surface area is 222 Å². The van der Waals surface area contributed by atoms with Crippen LogP contribution in [0.2, 0.25) is 0 Å². The van der Waals surface area contributed by atoms with Crippen molar-refractivity contribution in [1.82, 2.24) is 9.62 Å². The molecule has 0 spiro atoms. The molecule has 1 aliphatic rings. The number of hydrogen-bond donors (Lipinski definition) is 2. The highest BCUT2D eigenvalue weighted by atomic mass is 32.2. The molecule has 0 fully saturated rings. The number of amides is 1. The van der Waals surface area contributed by atoms with Gasteiger partial charge in [0.25, 0.3) is 5.91 Å². The SMILES string of the molecule is COCCNC(=O)C1=C[C@@H](c2ccc(F)cc2)C[C@@H](OCCN(CCO)S(=O)(=O)c2ccc(OC)cc2)O1. The number of nitrogens with zero attached hydrogens (tertiary/aromatic N) is 1. The highest BCUT2D eigenvalue weighted by Gasteiger charge is 2.30. The maximum atomic E-state index is 13.5. The number of carbonyl (C=O) groups excluding carboxylic acids is 1. The minimum absolute atomic E-state index is 0.0461. The molecule has 10 nitrogen and oxygen atoms in total. The number of aliphatic hydroxyl groups excluding tert-OH is 1. The molecule has 0 bridgehead atoms. The Morgan fingerprint density at radius 3 is 2.45 bits per heavy atom. The van der Waals surface area contributed by atoms with Crippen molar-refractivity contribution in [2.45, 2.75) is 23.5 Å². The van der Waals surface area contributed by atoms with E-state index in [2.05, 4.69) is 5.32 Å². The molecule has 1 aliphatic heterocycles. The summed E-state index contributed by atoms with van der Waals surface area (Å²) in [6, 6.07) is 11.9. The van der Waals surface area contributed by atoms with E-state index >= 15 is 0 Å². The summed E-state index contributed by atoms with van der Waals surface area (Å²) in [4.78, 5) is 12.7. The predicted octanol–water partition coefficient (Wildman–Crippen LogP) is 2.01. The van der Waals surface area contributed by atoms with E-state index in [-0.39, 0.29) is 55.2 Å². The van der Waals surface area contributed by atoms with Gasteiger partial charge in [-0.1, -0.05) is 12.1 Å². The first-order valence-electron chi connectivity index (χ1n) is 12.1. The molecule has 0 saturated carbocycles. The van der Waals surface area contributed by atoms with Gasteiger partial charge in [-0.05, 0) is 48.0 Å². The van der Waals surface area contributed by atoms with Crippen LogP contribution in [-0.4, -0.2) is 83.7 Å². The minimum Gasteiger partial charge on any atom is -0.497 e. The Balaban J connectivity index is 1.70. The van der Waals surface area contributed by atoms with Gasteiger partial charge in [-0.15, -0.1) is 0 Å². The Morgan fingerprint density at radius 2 is 1.82 bits per heavy atom. The van der Waals surface area contributed by atoms with Gasteiger partial charge in [-0.2, -0.15) is 4.31 Å².